The van der Waals surface area contributed by atoms with Gasteiger partial charge in [-0.3, -0.25) is 0 Å². The predicted octanol–water partition coefficient (Wildman–Crippen LogP) is 6.63. The first-order chi connectivity index (χ1) is 11.4. The normalized spacial score (nSPS) is 19.8. The summed E-state index contributed by atoms with van der Waals surface area (Å²) in [6.07, 6.45) is 0. The van der Waals surface area contributed by atoms with E-state index in [0.29, 0.717) is 5.92 Å². The Morgan fingerprint density at radius 2 is 1.48 bits per heavy atom. The van der Waals surface area contributed by atoms with Gasteiger partial charge in [-0.05, 0) is 34.6 Å². The van der Waals surface area contributed by atoms with E-state index in [9.17, 15) is 0 Å². The van der Waals surface area contributed by atoms with E-state index in [0.717, 1.165) is 0 Å². The first-order valence-electron chi connectivity index (χ1n) is 9.47. The van der Waals surface area contributed by atoms with Crippen LogP contribution in [0.5, 0.6) is 0 Å². The maximum atomic E-state index is 3.80. The van der Waals surface area contributed by atoms with E-state index in [-0.39, 0.29) is 22.3 Å². The van der Waals surface area contributed by atoms with Crippen molar-refractivity contribution in [1.82, 2.24) is 4.98 Å². The topological polar surface area (TPSA) is 27.8 Å². The van der Waals surface area contributed by atoms with Crippen LogP contribution in [0.2, 0.25) is 0 Å². The summed E-state index contributed by atoms with van der Waals surface area (Å²) in [6.45, 7) is 18.7. The quantitative estimate of drug-likeness (QED) is 0.631. The molecule has 0 saturated heterocycles. The number of rotatable bonds is 2. The van der Waals surface area contributed by atoms with Crippen molar-refractivity contribution in [2.75, 3.05) is 5.32 Å². The molecule has 3 rings (SSSR count). The summed E-state index contributed by atoms with van der Waals surface area (Å²) in [5.74, 6) is 0.473. The van der Waals surface area contributed by atoms with Crippen LogP contribution in [0.3, 0.4) is 0 Å². The van der Waals surface area contributed by atoms with E-state index < -0.39 is 0 Å². The maximum absolute atomic E-state index is 3.80. The lowest BCUT2D eigenvalue weighted by Crippen LogP contribution is -2.31. The van der Waals surface area contributed by atoms with Gasteiger partial charge in [-0.1, -0.05) is 73.6 Å². The number of hydrogen-bond acceptors (Lipinski definition) is 1. The molecule has 1 atom stereocenters. The van der Waals surface area contributed by atoms with Gasteiger partial charge in [-0.15, -0.1) is 0 Å². The highest BCUT2D eigenvalue weighted by molar-refractivity contribution is 5.62. The average molecular weight is 339 g/mol. The minimum absolute atomic E-state index is 0.0671. The van der Waals surface area contributed by atoms with Crippen molar-refractivity contribution in [2.24, 2.45) is 10.8 Å². The molecule has 136 valence electrons. The summed E-state index contributed by atoms with van der Waals surface area (Å²) in [5.41, 5.74) is 5.79. The number of aromatic amines is 1. The van der Waals surface area contributed by atoms with E-state index in [4.69, 9.17) is 0 Å². The molecule has 0 amide bonds. The van der Waals surface area contributed by atoms with Crippen molar-refractivity contribution < 1.29 is 0 Å². The molecule has 1 aliphatic rings. The summed E-state index contributed by atoms with van der Waals surface area (Å²) < 4.78 is 0. The van der Waals surface area contributed by atoms with Gasteiger partial charge >= 0.3 is 0 Å². The lowest BCUT2D eigenvalue weighted by atomic mass is 9.65. The van der Waals surface area contributed by atoms with Crippen molar-refractivity contribution >= 4 is 5.69 Å². The zero-order valence-corrected chi connectivity index (χ0v) is 17.1. The van der Waals surface area contributed by atoms with Crippen LogP contribution in [-0.4, -0.2) is 4.98 Å². The molecule has 1 unspecified atom stereocenters. The molecule has 2 aromatic rings. The minimum Gasteiger partial charge on any atom is -0.376 e. The van der Waals surface area contributed by atoms with Gasteiger partial charge in [0, 0.05) is 28.4 Å². The predicted molar refractivity (Wildman–Crippen MR) is 108 cm³/mol. The van der Waals surface area contributed by atoms with Crippen LogP contribution >= 0.6 is 0 Å². The van der Waals surface area contributed by atoms with Crippen molar-refractivity contribution in [1.29, 1.82) is 0 Å². The summed E-state index contributed by atoms with van der Waals surface area (Å²) in [5, 5.41) is 3.74. The van der Waals surface area contributed by atoms with Crippen molar-refractivity contribution in [3.05, 3.63) is 53.3 Å². The molecule has 25 heavy (non-hydrogen) atoms. The molecule has 2 heteroatoms. The first kappa shape index (κ1) is 18.1. The molecule has 1 aliphatic heterocycles. The number of aromatic nitrogens is 1. The lowest BCUT2D eigenvalue weighted by molar-refractivity contribution is 0.172. The van der Waals surface area contributed by atoms with Crippen LogP contribution in [0.1, 0.15) is 84.3 Å². The molecule has 1 aromatic heterocycles. The first-order valence-corrected chi connectivity index (χ1v) is 9.47. The van der Waals surface area contributed by atoms with Gasteiger partial charge in [0.1, 0.15) is 0 Å². The zero-order chi connectivity index (χ0) is 18.6. The van der Waals surface area contributed by atoms with Crippen LogP contribution in [-0.2, 0) is 5.41 Å². The second-order valence-electron chi connectivity index (χ2n) is 10.4. The molecule has 0 spiro atoms. The van der Waals surface area contributed by atoms with Gasteiger partial charge < -0.3 is 10.3 Å². The molecule has 1 aromatic carbocycles. The summed E-state index contributed by atoms with van der Waals surface area (Å²) in [4.78, 5) is 3.80. The third kappa shape index (κ3) is 3.12. The number of H-pyrrole nitrogens is 1. The zero-order valence-electron chi connectivity index (χ0n) is 17.1. The van der Waals surface area contributed by atoms with Gasteiger partial charge in [-0.25, -0.2) is 0 Å². The third-order valence-corrected chi connectivity index (χ3v) is 5.73. The highest BCUT2D eigenvalue weighted by Crippen LogP contribution is 2.50. The third-order valence-electron chi connectivity index (χ3n) is 5.73. The molecule has 0 bridgehead atoms. The molecule has 2 N–H and O–H groups in total. The molecule has 0 saturated carbocycles. The van der Waals surface area contributed by atoms with Gasteiger partial charge in [-0.2, -0.15) is 0 Å². The van der Waals surface area contributed by atoms with Crippen molar-refractivity contribution in [3.63, 3.8) is 0 Å². The van der Waals surface area contributed by atoms with E-state index in [1.54, 1.807) is 0 Å². The summed E-state index contributed by atoms with van der Waals surface area (Å²) in [6, 6.07) is 13.6. The maximum Gasteiger partial charge on any atom is 0.0755 e. The number of fused-ring (bicyclic) bond motifs is 1. The van der Waals surface area contributed by atoms with Gasteiger partial charge in [0.25, 0.3) is 0 Å². The van der Waals surface area contributed by atoms with Gasteiger partial charge in [0.05, 0.1) is 6.04 Å². The Morgan fingerprint density at radius 3 is 2.04 bits per heavy atom. The highest BCUT2D eigenvalue weighted by atomic mass is 15.0. The Labute approximate surface area is 153 Å². The molecular formula is C23H34N2. The van der Waals surface area contributed by atoms with Crippen LogP contribution in [0, 0.1) is 10.8 Å². The lowest BCUT2D eigenvalue weighted by Gasteiger charge is -2.40. The van der Waals surface area contributed by atoms with E-state index in [1.165, 1.54) is 22.6 Å². The van der Waals surface area contributed by atoms with Crippen molar-refractivity contribution in [2.45, 2.75) is 72.8 Å². The van der Waals surface area contributed by atoms with Crippen molar-refractivity contribution in [3.8, 4) is 0 Å². The smallest absolute Gasteiger partial charge is 0.0755 e. The molecular weight excluding hydrogens is 304 g/mol. The van der Waals surface area contributed by atoms with Crippen LogP contribution in [0.4, 0.5) is 5.69 Å². The fraction of sp³-hybridized carbons (Fsp3) is 0.565. The van der Waals surface area contributed by atoms with Crippen LogP contribution in [0.15, 0.2) is 36.4 Å². The van der Waals surface area contributed by atoms with Crippen LogP contribution in [0.25, 0.3) is 0 Å². The van der Waals surface area contributed by atoms with E-state index in [2.05, 4.69) is 102 Å². The molecule has 2 heterocycles. The number of para-hydroxylation sites is 1. The second-order valence-corrected chi connectivity index (χ2v) is 10.4. The summed E-state index contributed by atoms with van der Waals surface area (Å²) in [7, 11) is 0. The number of hydrogen-bond donors (Lipinski definition) is 2. The fourth-order valence-electron chi connectivity index (χ4n) is 5.13. The highest BCUT2D eigenvalue weighted by Gasteiger charge is 2.42. The number of nitrogens with one attached hydrogen (secondary N) is 2. The Kier molecular flexibility index (Phi) is 4.09. The van der Waals surface area contributed by atoms with E-state index in [1.807, 2.05) is 0 Å². The molecule has 0 radical (unpaired) electrons. The van der Waals surface area contributed by atoms with Crippen LogP contribution < -0.4 is 5.32 Å². The Hall–Kier alpha value is -1.70. The standard InChI is InChI=1S/C23H34N2/c1-21(2,3)19(22(4,5)6)17-13-14-18(24-17)20-23(7,8)15-11-9-10-12-16(15)25-20/h9-14,19-20,24-25H,1-8H3. The Morgan fingerprint density at radius 1 is 0.880 bits per heavy atom. The SMILES string of the molecule is CC(C)(C)C(c1ccc(C2Nc3ccccc3C2(C)C)[nH]1)C(C)(C)C. The molecule has 0 aliphatic carbocycles. The summed E-state index contributed by atoms with van der Waals surface area (Å²) >= 11 is 0. The average Bonchev–Trinajstić information content (AvgIpc) is 2.99. The van der Waals surface area contributed by atoms with Gasteiger partial charge in [0.2, 0.25) is 0 Å². The minimum atomic E-state index is 0.0671. The van der Waals surface area contributed by atoms with E-state index >= 15 is 0 Å². The fourth-order valence-corrected chi connectivity index (χ4v) is 5.13. The van der Waals surface area contributed by atoms with Gasteiger partial charge in [0.15, 0.2) is 0 Å². The largest absolute Gasteiger partial charge is 0.376 e. The second kappa shape index (κ2) is 5.65. The Bertz CT molecular complexity index is 739. The monoisotopic (exact) mass is 338 g/mol. The Balaban J connectivity index is 1.98. The number of anilines is 1. The molecule has 2 nitrogen and oxygen atoms in total. The number of benzene rings is 1. The molecule has 0 fully saturated rings.